The zero-order valence-electron chi connectivity index (χ0n) is 9.63. The van der Waals surface area contributed by atoms with Gasteiger partial charge < -0.3 is 5.11 Å². The fraction of sp³-hybridized carbons (Fsp3) is 0.0667. The first-order valence-corrected chi connectivity index (χ1v) is 5.51. The van der Waals surface area contributed by atoms with Crippen LogP contribution in [0.4, 0.5) is 0 Å². The van der Waals surface area contributed by atoms with Crippen LogP contribution in [0.1, 0.15) is 15.9 Å². The van der Waals surface area contributed by atoms with Gasteiger partial charge in [-0.2, -0.15) is 5.26 Å². The molecule has 2 aromatic rings. The molecule has 0 aliphatic rings. The number of aromatic carboxylic acids is 1. The van der Waals surface area contributed by atoms with Crippen LogP contribution in [-0.4, -0.2) is 11.1 Å². The van der Waals surface area contributed by atoms with Gasteiger partial charge in [0, 0.05) is 0 Å². The molecule has 0 spiro atoms. The first kappa shape index (κ1) is 11.9. The Morgan fingerprint density at radius 3 is 2.39 bits per heavy atom. The van der Waals surface area contributed by atoms with Crippen molar-refractivity contribution in [2.45, 2.75) is 6.42 Å². The molecule has 3 nitrogen and oxygen atoms in total. The third-order valence-electron chi connectivity index (χ3n) is 2.71. The van der Waals surface area contributed by atoms with Gasteiger partial charge in [-0.3, -0.25) is 0 Å². The number of hydrogen-bond acceptors (Lipinski definition) is 2. The van der Waals surface area contributed by atoms with Crippen molar-refractivity contribution in [1.82, 2.24) is 0 Å². The number of nitriles is 1. The summed E-state index contributed by atoms with van der Waals surface area (Å²) in [5.74, 6) is -0.938. The molecule has 0 unspecified atom stereocenters. The monoisotopic (exact) mass is 237 g/mol. The molecule has 0 aromatic heterocycles. The van der Waals surface area contributed by atoms with Crippen LogP contribution >= 0.6 is 0 Å². The maximum atomic E-state index is 11.1. The molecular weight excluding hydrogens is 226 g/mol. The van der Waals surface area contributed by atoms with E-state index in [1.165, 1.54) is 0 Å². The largest absolute Gasteiger partial charge is 0.478 e. The molecule has 0 radical (unpaired) electrons. The van der Waals surface area contributed by atoms with Crippen LogP contribution < -0.4 is 0 Å². The van der Waals surface area contributed by atoms with Gasteiger partial charge in [-0.1, -0.05) is 42.5 Å². The summed E-state index contributed by atoms with van der Waals surface area (Å²) in [4.78, 5) is 11.1. The molecule has 0 atom stereocenters. The first-order valence-electron chi connectivity index (χ1n) is 5.51. The van der Waals surface area contributed by atoms with Gasteiger partial charge in [-0.15, -0.1) is 0 Å². The lowest BCUT2D eigenvalue weighted by Gasteiger charge is -2.06. The van der Waals surface area contributed by atoms with E-state index in [2.05, 4.69) is 6.07 Å². The Bertz CT molecular complexity index is 609. The minimum atomic E-state index is -0.938. The van der Waals surface area contributed by atoms with Crippen LogP contribution in [0, 0.1) is 11.3 Å². The molecule has 0 heterocycles. The summed E-state index contributed by atoms with van der Waals surface area (Å²) in [7, 11) is 0. The highest BCUT2D eigenvalue weighted by Gasteiger charge is 2.10. The summed E-state index contributed by atoms with van der Waals surface area (Å²) in [6.45, 7) is 0. The molecule has 1 N–H and O–H groups in total. The van der Waals surface area contributed by atoms with Crippen molar-refractivity contribution in [2.24, 2.45) is 0 Å². The molecule has 0 amide bonds. The molecule has 0 saturated heterocycles. The normalized spacial score (nSPS) is 9.72. The van der Waals surface area contributed by atoms with E-state index in [0.29, 0.717) is 12.0 Å². The van der Waals surface area contributed by atoms with E-state index in [1.807, 2.05) is 30.3 Å². The van der Waals surface area contributed by atoms with Crippen molar-refractivity contribution in [2.75, 3.05) is 0 Å². The lowest BCUT2D eigenvalue weighted by Crippen LogP contribution is -1.98. The maximum absolute atomic E-state index is 11.1. The average molecular weight is 237 g/mol. The predicted octanol–water partition coefficient (Wildman–Crippen LogP) is 3.12. The van der Waals surface area contributed by atoms with Gasteiger partial charge >= 0.3 is 5.97 Å². The number of rotatable bonds is 3. The highest BCUT2D eigenvalue weighted by Crippen LogP contribution is 2.24. The lowest BCUT2D eigenvalue weighted by molar-refractivity contribution is 0.0697. The molecule has 0 aliphatic carbocycles. The van der Waals surface area contributed by atoms with Crippen molar-refractivity contribution >= 4 is 5.97 Å². The Hall–Kier alpha value is -2.60. The maximum Gasteiger partial charge on any atom is 0.336 e. The Morgan fingerprint density at radius 2 is 1.78 bits per heavy atom. The summed E-state index contributed by atoms with van der Waals surface area (Å²) in [5, 5.41) is 17.7. The topological polar surface area (TPSA) is 61.1 Å². The van der Waals surface area contributed by atoms with Crippen molar-refractivity contribution in [3.63, 3.8) is 0 Å². The molecule has 88 valence electrons. The van der Waals surface area contributed by atoms with Crippen LogP contribution in [0.2, 0.25) is 0 Å². The third kappa shape index (κ3) is 2.38. The van der Waals surface area contributed by atoms with Crippen molar-refractivity contribution < 1.29 is 9.90 Å². The van der Waals surface area contributed by atoms with Gasteiger partial charge in [0.05, 0.1) is 18.1 Å². The van der Waals surface area contributed by atoms with E-state index >= 15 is 0 Å². The van der Waals surface area contributed by atoms with Gasteiger partial charge in [-0.05, 0) is 22.8 Å². The average Bonchev–Trinajstić information content (AvgIpc) is 2.40. The Balaban J connectivity index is 2.43. The number of carbonyl (C=O) groups is 1. The number of benzene rings is 2. The summed E-state index contributed by atoms with van der Waals surface area (Å²) < 4.78 is 0. The molecule has 18 heavy (non-hydrogen) atoms. The van der Waals surface area contributed by atoms with Crippen LogP contribution in [0.15, 0.2) is 48.5 Å². The Kier molecular flexibility index (Phi) is 3.40. The van der Waals surface area contributed by atoms with Crippen molar-refractivity contribution in [3.8, 4) is 17.2 Å². The second kappa shape index (κ2) is 5.15. The third-order valence-corrected chi connectivity index (χ3v) is 2.71. The second-order valence-corrected chi connectivity index (χ2v) is 3.88. The van der Waals surface area contributed by atoms with E-state index in [9.17, 15) is 4.79 Å². The zero-order valence-corrected chi connectivity index (χ0v) is 9.63. The van der Waals surface area contributed by atoms with Gasteiger partial charge in [-0.25, -0.2) is 4.79 Å². The lowest BCUT2D eigenvalue weighted by atomic mass is 9.98. The summed E-state index contributed by atoms with van der Waals surface area (Å²) >= 11 is 0. The van der Waals surface area contributed by atoms with Crippen LogP contribution in [0.5, 0.6) is 0 Å². The fourth-order valence-corrected chi connectivity index (χ4v) is 1.81. The number of carboxylic acid groups (broad SMARTS) is 1. The van der Waals surface area contributed by atoms with E-state index in [1.54, 1.807) is 18.2 Å². The van der Waals surface area contributed by atoms with Crippen LogP contribution in [-0.2, 0) is 6.42 Å². The van der Waals surface area contributed by atoms with E-state index in [4.69, 9.17) is 10.4 Å². The highest BCUT2D eigenvalue weighted by atomic mass is 16.4. The summed E-state index contributed by atoms with van der Waals surface area (Å²) in [6.07, 6.45) is 0.362. The zero-order chi connectivity index (χ0) is 13.0. The fourth-order valence-electron chi connectivity index (χ4n) is 1.81. The Labute approximate surface area is 105 Å². The van der Waals surface area contributed by atoms with Gasteiger partial charge in [0.15, 0.2) is 0 Å². The van der Waals surface area contributed by atoms with Crippen LogP contribution in [0.3, 0.4) is 0 Å². The van der Waals surface area contributed by atoms with E-state index in [-0.39, 0.29) is 5.56 Å². The SMILES string of the molecule is N#CCc1ccc(-c2ccccc2C(=O)O)cc1. The minimum absolute atomic E-state index is 0.283. The van der Waals surface area contributed by atoms with Crippen molar-refractivity contribution in [3.05, 3.63) is 59.7 Å². The smallest absolute Gasteiger partial charge is 0.336 e. The van der Waals surface area contributed by atoms with Gasteiger partial charge in [0.25, 0.3) is 0 Å². The van der Waals surface area contributed by atoms with E-state index in [0.717, 1.165) is 11.1 Å². The molecule has 0 aliphatic heterocycles. The number of hydrogen-bond donors (Lipinski definition) is 1. The predicted molar refractivity (Wildman–Crippen MR) is 68.2 cm³/mol. The van der Waals surface area contributed by atoms with Gasteiger partial charge in [0.2, 0.25) is 0 Å². The molecule has 2 rings (SSSR count). The molecular formula is C15H11NO2. The highest BCUT2D eigenvalue weighted by molar-refractivity contribution is 5.95. The quantitative estimate of drug-likeness (QED) is 0.892. The number of nitrogens with zero attached hydrogens (tertiary/aromatic N) is 1. The Morgan fingerprint density at radius 1 is 1.11 bits per heavy atom. The first-order chi connectivity index (χ1) is 8.72. The minimum Gasteiger partial charge on any atom is -0.478 e. The molecule has 0 bridgehead atoms. The molecule has 0 saturated carbocycles. The molecule has 0 fully saturated rings. The second-order valence-electron chi connectivity index (χ2n) is 3.88. The summed E-state index contributed by atoms with van der Waals surface area (Å²) in [5.41, 5.74) is 2.74. The standard InChI is InChI=1S/C15H11NO2/c16-10-9-11-5-7-12(8-6-11)13-3-1-2-4-14(13)15(17)18/h1-8H,9H2,(H,17,18). The van der Waals surface area contributed by atoms with Gasteiger partial charge in [0.1, 0.15) is 0 Å². The number of carboxylic acids is 1. The van der Waals surface area contributed by atoms with Crippen LogP contribution in [0.25, 0.3) is 11.1 Å². The van der Waals surface area contributed by atoms with Crippen molar-refractivity contribution in [1.29, 1.82) is 5.26 Å². The molecule has 2 aromatic carbocycles. The molecule has 3 heteroatoms. The summed E-state index contributed by atoms with van der Waals surface area (Å²) in [6, 6.07) is 16.3. The van der Waals surface area contributed by atoms with E-state index < -0.39 is 5.97 Å².